The van der Waals surface area contributed by atoms with Crippen LogP contribution in [-0.4, -0.2) is 9.59 Å². The molecule has 0 bridgehead atoms. The molecule has 82 valence electrons. The minimum absolute atomic E-state index is 0.824. The molecule has 0 saturated heterocycles. The lowest BCUT2D eigenvalue weighted by molar-refractivity contribution is 1.09. The Balaban J connectivity index is 1.67. The van der Waals surface area contributed by atoms with Gasteiger partial charge in [0, 0.05) is 18.1 Å². The summed E-state index contributed by atoms with van der Waals surface area (Å²) in [6.45, 7) is 0.852. The summed E-state index contributed by atoms with van der Waals surface area (Å²) in [5, 5.41) is 8.14. The SMILES string of the molecule is c1cc(CNc2cnns2)cc(C2CC2)c1. The van der Waals surface area contributed by atoms with Crippen molar-refractivity contribution in [2.75, 3.05) is 5.32 Å². The molecule has 1 fully saturated rings. The van der Waals surface area contributed by atoms with E-state index in [0.717, 1.165) is 17.5 Å². The van der Waals surface area contributed by atoms with E-state index < -0.39 is 0 Å². The first-order chi connectivity index (χ1) is 7.92. The van der Waals surface area contributed by atoms with Gasteiger partial charge in [0.05, 0.1) is 6.20 Å². The van der Waals surface area contributed by atoms with Crippen molar-refractivity contribution < 1.29 is 0 Å². The second-order valence-electron chi connectivity index (χ2n) is 4.15. The Labute approximate surface area is 98.7 Å². The van der Waals surface area contributed by atoms with Crippen LogP contribution in [0.25, 0.3) is 0 Å². The number of rotatable bonds is 4. The average molecular weight is 231 g/mol. The van der Waals surface area contributed by atoms with Gasteiger partial charge in [-0.2, -0.15) is 0 Å². The molecule has 0 aliphatic heterocycles. The van der Waals surface area contributed by atoms with E-state index in [2.05, 4.69) is 39.2 Å². The number of nitrogens with zero attached hydrogens (tertiary/aromatic N) is 2. The summed E-state index contributed by atoms with van der Waals surface area (Å²) < 4.78 is 3.82. The van der Waals surface area contributed by atoms with Crippen LogP contribution >= 0.6 is 11.5 Å². The van der Waals surface area contributed by atoms with Crippen LogP contribution in [0.1, 0.15) is 29.9 Å². The molecule has 2 aromatic rings. The highest BCUT2D eigenvalue weighted by molar-refractivity contribution is 7.09. The van der Waals surface area contributed by atoms with Gasteiger partial charge >= 0.3 is 0 Å². The van der Waals surface area contributed by atoms with Crippen LogP contribution in [-0.2, 0) is 6.54 Å². The molecular formula is C12H13N3S. The molecule has 1 aliphatic carbocycles. The number of anilines is 1. The number of hydrogen-bond donors (Lipinski definition) is 1. The summed E-state index contributed by atoms with van der Waals surface area (Å²) in [4.78, 5) is 0. The Hall–Kier alpha value is -1.42. The van der Waals surface area contributed by atoms with E-state index in [0.29, 0.717) is 0 Å². The fraction of sp³-hybridized carbons (Fsp3) is 0.333. The predicted molar refractivity (Wildman–Crippen MR) is 65.7 cm³/mol. The summed E-state index contributed by atoms with van der Waals surface area (Å²) in [6.07, 6.45) is 4.47. The van der Waals surface area contributed by atoms with E-state index >= 15 is 0 Å². The molecule has 1 saturated carbocycles. The van der Waals surface area contributed by atoms with Crippen LogP contribution < -0.4 is 5.32 Å². The summed E-state index contributed by atoms with van der Waals surface area (Å²) in [5.74, 6) is 0.824. The number of benzene rings is 1. The standard InChI is InChI=1S/C12H13N3S/c1-2-9(6-11(3-1)10-4-5-10)7-13-12-8-14-15-16-12/h1-3,6,8,10,13H,4-5,7H2. The lowest BCUT2D eigenvalue weighted by Gasteiger charge is -2.05. The predicted octanol–water partition coefficient (Wildman–Crippen LogP) is 3.03. The van der Waals surface area contributed by atoms with Gasteiger partial charge in [-0.15, -0.1) is 5.10 Å². The minimum Gasteiger partial charge on any atom is -0.370 e. The van der Waals surface area contributed by atoms with Gasteiger partial charge in [-0.1, -0.05) is 28.8 Å². The van der Waals surface area contributed by atoms with Gasteiger partial charge in [-0.05, 0) is 29.9 Å². The highest BCUT2D eigenvalue weighted by Gasteiger charge is 2.23. The molecule has 1 N–H and O–H groups in total. The lowest BCUT2D eigenvalue weighted by atomic mass is 10.1. The van der Waals surface area contributed by atoms with Crippen molar-refractivity contribution in [1.29, 1.82) is 0 Å². The molecule has 0 unspecified atom stereocenters. The summed E-state index contributed by atoms with van der Waals surface area (Å²) >= 11 is 1.39. The quantitative estimate of drug-likeness (QED) is 0.879. The van der Waals surface area contributed by atoms with Crippen LogP contribution in [0.3, 0.4) is 0 Å². The van der Waals surface area contributed by atoms with Gasteiger partial charge in [0.2, 0.25) is 0 Å². The van der Waals surface area contributed by atoms with Gasteiger partial charge in [0.25, 0.3) is 0 Å². The molecule has 1 heterocycles. The zero-order chi connectivity index (χ0) is 10.8. The molecule has 1 aromatic heterocycles. The zero-order valence-electron chi connectivity index (χ0n) is 8.89. The Kier molecular flexibility index (Phi) is 2.58. The average Bonchev–Trinajstić information content (AvgIpc) is 3.05. The Morgan fingerprint density at radius 3 is 3.06 bits per heavy atom. The van der Waals surface area contributed by atoms with Gasteiger partial charge in [0.15, 0.2) is 0 Å². The molecular weight excluding hydrogens is 218 g/mol. The minimum atomic E-state index is 0.824. The maximum atomic E-state index is 3.82. The van der Waals surface area contributed by atoms with E-state index in [4.69, 9.17) is 0 Å². The van der Waals surface area contributed by atoms with Crippen molar-refractivity contribution in [2.24, 2.45) is 0 Å². The first kappa shape index (κ1) is 9.78. The highest BCUT2D eigenvalue weighted by Crippen LogP contribution is 2.40. The van der Waals surface area contributed by atoms with Gasteiger partial charge in [-0.25, -0.2) is 0 Å². The molecule has 0 radical (unpaired) electrons. The Morgan fingerprint density at radius 1 is 1.38 bits per heavy atom. The number of hydrogen-bond acceptors (Lipinski definition) is 4. The van der Waals surface area contributed by atoms with Crippen LogP contribution in [0.2, 0.25) is 0 Å². The first-order valence-electron chi connectivity index (χ1n) is 5.52. The maximum Gasteiger partial charge on any atom is 0.130 e. The van der Waals surface area contributed by atoms with Crippen molar-refractivity contribution in [1.82, 2.24) is 9.59 Å². The summed E-state index contributed by atoms with van der Waals surface area (Å²) in [5.41, 5.74) is 2.82. The Bertz CT molecular complexity index is 463. The van der Waals surface area contributed by atoms with Crippen LogP contribution in [0.4, 0.5) is 5.00 Å². The molecule has 16 heavy (non-hydrogen) atoms. The first-order valence-corrected chi connectivity index (χ1v) is 6.29. The van der Waals surface area contributed by atoms with Crippen molar-refractivity contribution in [3.05, 3.63) is 41.6 Å². The Morgan fingerprint density at radius 2 is 2.31 bits per heavy atom. The summed E-state index contributed by atoms with van der Waals surface area (Å²) in [7, 11) is 0. The second-order valence-corrected chi connectivity index (χ2v) is 4.94. The third-order valence-electron chi connectivity index (χ3n) is 2.83. The van der Waals surface area contributed by atoms with Crippen molar-refractivity contribution in [3.8, 4) is 0 Å². The van der Waals surface area contributed by atoms with Gasteiger partial charge < -0.3 is 5.32 Å². The normalized spacial score (nSPS) is 15.0. The van der Waals surface area contributed by atoms with E-state index in [1.54, 1.807) is 6.20 Å². The molecule has 1 aliphatic rings. The summed E-state index contributed by atoms with van der Waals surface area (Å²) in [6, 6.07) is 8.84. The van der Waals surface area contributed by atoms with E-state index in [-0.39, 0.29) is 0 Å². The molecule has 3 nitrogen and oxygen atoms in total. The lowest BCUT2D eigenvalue weighted by Crippen LogP contribution is -1.98. The van der Waals surface area contributed by atoms with Gasteiger partial charge in [-0.3, -0.25) is 0 Å². The second kappa shape index (κ2) is 4.22. The monoisotopic (exact) mass is 231 g/mol. The smallest absolute Gasteiger partial charge is 0.130 e. The molecule has 1 aromatic carbocycles. The van der Waals surface area contributed by atoms with E-state index in [9.17, 15) is 0 Å². The number of aromatic nitrogens is 2. The van der Waals surface area contributed by atoms with Gasteiger partial charge in [0.1, 0.15) is 5.00 Å². The van der Waals surface area contributed by atoms with E-state index in [1.807, 2.05) is 0 Å². The maximum absolute atomic E-state index is 3.82. The van der Waals surface area contributed by atoms with Crippen molar-refractivity contribution >= 4 is 16.5 Å². The number of nitrogens with one attached hydrogen (secondary N) is 1. The third-order valence-corrected chi connectivity index (χ3v) is 3.45. The molecule has 0 amide bonds. The molecule has 0 atom stereocenters. The van der Waals surface area contributed by atoms with Crippen LogP contribution in [0.15, 0.2) is 30.5 Å². The molecule has 0 spiro atoms. The van der Waals surface area contributed by atoms with Crippen molar-refractivity contribution in [3.63, 3.8) is 0 Å². The fourth-order valence-corrected chi connectivity index (χ4v) is 2.22. The third kappa shape index (κ3) is 2.22. The van der Waals surface area contributed by atoms with E-state index in [1.165, 1.54) is 35.5 Å². The molecule has 4 heteroatoms. The molecule has 3 rings (SSSR count). The van der Waals surface area contributed by atoms with Crippen LogP contribution in [0.5, 0.6) is 0 Å². The fourth-order valence-electron chi connectivity index (χ4n) is 1.81. The largest absolute Gasteiger partial charge is 0.370 e. The topological polar surface area (TPSA) is 37.8 Å². The zero-order valence-corrected chi connectivity index (χ0v) is 9.70. The highest BCUT2D eigenvalue weighted by atomic mass is 32.1. The van der Waals surface area contributed by atoms with Crippen LogP contribution in [0, 0.1) is 0 Å². The van der Waals surface area contributed by atoms with Crippen molar-refractivity contribution in [2.45, 2.75) is 25.3 Å².